The molecule has 1 saturated heterocycles. The lowest BCUT2D eigenvalue weighted by atomic mass is 10.0. The van der Waals surface area contributed by atoms with Crippen molar-refractivity contribution in [2.24, 2.45) is 5.92 Å². The van der Waals surface area contributed by atoms with Gasteiger partial charge in [0.2, 0.25) is 11.8 Å². The molecule has 1 aliphatic heterocycles. The number of hydrogen-bond acceptors (Lipinski definition) is 3. The number of benzene rings is 1. The second-order valence-corrected chi connectivity index (χ2v) is 5.50. The maximum atomic E-state index is 12.6. The number of carboxylic acid groups (broad SMARTS) is 1. The highest BCUT2D eigenvalue weighted by molar-refractivity contribution is 5.92. The van der Waals surface area contributed by atoms with Gasteiger partial charge in [0.1, 0.15) is 12.6 Å². The second-order valence-electron chi connectivity index (χ2n) is 5.50. The molecule has 3 rings (SSSR count). The van der Waals surface area contributed by atoms with Gasteiger partial charge >= 0.3 is 5.97 Å². The molecule has 2 amide bonds. The predicted molar refractivity (Wildman–Crippen MR) is 73.5 cm³/mol. The Bertz CT molecular complexity index is 588. The lowest BCUT2D eigenvalue weighted by molar-refractivity contribution is -0.155. The van der Waals surface area contributed by atoms with Crippen LogP contribution in [0.2, 0.25) is 0 Å². The predicted octanol–water partition coefficient (Wildman–Crippen LogP) is -0.187. The Morgan fingerprint density at radius 3 is 2.38 bits per heavy atom. The third-order valence-corrected chi connectivity index (χ3v) is 4.15. The van der Waals surface area contributed by atoms with Crippen LogP contribution in [0, 0.1) is 5.92 Å². The topological polar surface area (TPSA) is 86.7 Å². The molecule has 0 radical (unpaired) electrons. The summed E-state index contributed by atoms with van der Waals surface area (Å²) in [6, 6.07) is 6.86. The van der Waals surface area contributed by atoms with E-state index in [1.54, 1.807) is 0 Å². The van der Waals surface area contributed by atoms with Crippen LogP contribution in [0.5, 0.6) is 0 Å². The van der Waals surface area contributed by atoms with Crippen molar-refractivity contribution in [3.05, 3.63) is 35.4 Å². The number of piperazine rings is 1. The molecule has 2 N–H and O–H groups in total. The molecule has 6 heteroatoms. The van der Waals surface area contributed by atoms with Crippen molar-refractivity contribution < 1.29 is 19.5 Å². The molecular weight excluding hydrogens is 272 g/mol. The summed E-state index contributed by atoms with van der Waals surface area (Å²) in [4.78, 5) is 36.6. The van der Waals surface area contributed by atoms with E-state index in [0.29, 0.717) is 12.8 Å². The highest BCUT2D eigenvalue weighted by Crippen LogP contribution is 2.28. The number of carboxylic acids is 1. The number of nitrogens with zero attached hydrogens (tertiary/aromatic N) is 1. The highest BCUT2D eigenvalue weighted by atomic mass is 16.4. The molecular formula is C15H16N2O4. The van der Waals surface area contributed by atoms with Gasteiger partial charge in [0.15, 0.2) is 0 Å². The van der Waals surface area contributed by atoms with E-state index in [2.05, 4.69) is 5.32 Å². The number of hydrogen-bond donors (Lipinski definition) is 2. The largest absolute Gasteiger partial charge is 0.480 e. The normalized spacial score (nSPS) is 21.8. The summed E-state index contributed by atoms with van der Waals surface area (Å²) < 4.78 is 0. The van der Waals surface area contributed by atoms with E-state index in [4.69, 9.17) is 0 Å². The Morgan fingerprint density at radius 1 is 1.19 bits per heavy atom. The van der Waals surface area contributed by atoms with Crippen LogP contribution < -0.4 is 5.32 Å². The molecule has 1 aromatic rings. The minimum Gasteiger partial charge on any atom is -0.480 e. The molecule has 0 spiro atoms. The van der Waals surface area contributed by atoms with E-state index in [-0.39, 0.29) is 30.8 Å². The molecule has 1 aromatic carbocycles. The quantitative estimate of drug-likeness (QED) is 0.790. The number of aliphatic carboxylic acids is 1. The van der Waals surface area contributed by atoms with E-state index >= 15 is 0 Å². The molecule has 21 heavy (non-hydrogen) atoms. The molecule has 6 nitrogen and oxygen atoms in total. The summed E-state index contributed by atoms with van der Waals surface area (Å²) in [6.07, 6.45) is 1.22. The first kappa shape index (κ1) is 13.6. The average Bonchev–Trinajstić information content (AvgIpc) is 2.89. The van der Waals surface area contributed by atoms with Crippen LogP contribution in [-0.4, -0.2) is 46.9 Å². The van der Waals surface area contributed by atoms with E-state index in [1.165, 1.54) is 4.90 Å². The Balaban J connectivity index is 1.78. The Kier molecular flexibility index (Phi) is 3.37. The van der Waals surface area contributed by atoms with Gasteiger partial charge in [-0.1, -0.05) is 24.3 Å². The molecule has 1 atom stereocenters. The molecule has 1 fully saturated rings. The minimum absolute atomic E-state index is 0.0282. The Morgan fingerprint density at radius 2 is 1.81 bits per heavy atom. The van der Waals surface area contributed by atoms with Crippen molar-refractivity contribution in [2.75, 3.05) is 13.1 Å². The van der Waals surface area contributed by atoms with Crippen molar-refractivity contribution in [1.29, 1.82) is 0 Å². The van der Waals surface area contributed by atoms with Crippen molar-refractivity contribution in [2.45, 2.75) is 18.9 Å². The van der Waals surface area contributed by atoms with Gasteiger partial charge in [-0.2, -0.15) is 0 Å². The summed E-state index contributed by atoms with van der Waals surface area (Å²) in [7, 11) is 0. The van der Waals surface area contributed by atoms with Gasteiger partial charge in [0, 0.05) is 12.5 Å². The lowest BCUT2D eigenvalue weighted by Gasteiger charge is -2.34. The lowest BCUT2D eigenvalue weighted by Crippen LogP contribution is -2.60. The van der Waals surface area contributed by atoms with Crippen LogP contribution in [-0.2, 0) is 27.2 Å². The summed E-state index contributed by atoms with van der Waals surface area (Å²) in [5.74, 6) is -1.90. The molecule has 0 saturated carbocycles. The zero-order valence-corrected chi connectivity index (χ0v) is 11.4. The van der Waals surface area contributed by atoms with Crippen molar-refractivity contribution in [3.63, 3.8) is 0 Å². The summed E-state index contributed by atoms with van der Waals surface area (Å²) in [5.41, 5.74) is 2.26. The zero-order valence-electron chi connectivity index (χ0n) is 11.4. The molecule has 0 bridgehead atoms. The summed E-state index contributed by atoms with van der Waals surface area (Å²) >= 11 is 0. The maximum absolute atomic E-state index is 12.6. The van der Waals surface area contributed by atoms with E-state index in [1.807, 2.05) is 24.3 Å². The van der Waals surface area contributed by atoms with Crippen LogP contribution in [0.25, 0.3) is 0 Å². The number of fused-ring (bicyclic) bond motifs is 1. The first-order valence-corrected chi connectivity index (χ1v) is 6.93. The maximum Gasteiger partial charge on any atom is 0.328 e. The third kappa shape index (κ3) is 2.49. The van der Waals surface area contributed by atoms with Gasteiger partial charge in [-0.05, 0) is 24.0 Å². The number of carbonyl (C=O) groups excluding carboxylic acids is 2. The number of nitrogens with one attached hydrogen (secondary N) is 1. The van der Waals surface area contributed by atoms with Gasteiger partial charge in [-0.15, -0.1) is 0 Å². The minimum atomic E-state index is -1.08. The molecule has 110 valence electrons. The molecule has 0 aromatic heterocycles. The zero-order chi connectivity index (χ0) is 15.0. The van der Waals surface area contributed by atoms with Gasteiger partial charge in [0.25, 0.3) is 0 Å². The molecule has 1 aliphatic carbocycles. The van der Waals surface area contributed by atoms with Crippen LogP contribution in [0.3, 0.4) is 0 Å². The first-order chi connectivity index (χ1) is 10.1. The highest BCUT2D eigenvalue weighted by Gasteiger charge is 2.39. The molecule has 1 unspecified atom stereocenters. The van der Waals surface area contributed by atoms with Gasteiger partial charge in [-0.3, -0.25) is 9.59 Å². The Hall–Kier alpha value is -2.37. The van der Waals surface area contributed by atoms with Crippen LogP contribution in [0.4, 0.5) is 0 Å². The van der Waals surface area contributed by atoms with Crippen LogP contribution in [0.1, 0.15) is 11.1 Å². The van der Waals surface area contributed by atoms with Gasteiger partial charge in [-0.25, -0.2) is 4.79 Å². The SMILES string of the molecule is O=C1CN(C(=O)C2Cc3ccccc3C2)C(C(=O)O)CN1. The number of amides is 2. The van der Waals surface area contributed by atoms with Crippen molar-refractivity contribution in [1.82, 2.24) is 10.2 Å². The van der Waals surface area contributed by atoms with Gasteiger partial charge < -0.3 is 15.3 Å². The van der Waals surface area contributed by atoms with Crippen molar-refractivity contribution in [3.8, 4) is 0 Å². The van der Waals surface area contributed by atoms with E-state index < -0.39 is 12.0 Å². The van der Waals surface area contributed by atoms with E-state index in [9.17, 15) is 19.5 Å². The second kappa shape index (κ2) is 5.20. The number of rotatable bonds is 2. The third-order valence-electron chi connectivity index (χ3n) is 4.15. The average molecular weight is 288 g/mol. The summed E-state index contributed by atoms with van der Waals surface area (Å²) in [6.45, 7) is -0.206. The fourth-order valence-corrected chi connectivity index (χ4v) is 3.06. The molecule has 2 aliphatic rings. The van der Waals surface area contributed by atoms with Crippen molar-refractivity contribution >= 4 is 17.8 Å². The fourth-order valence-electron chi connectivity index (χ4n) is 3.06. The smallest absolute Gasteiger partial charge is 0.328 e. The van der Waals surface area contributed by atoms with E-state index in [0.717, 1.165) is 11.1 Å². The van der Waals surface area contributed by atoms with Crippen LogP contribution >= 0.6 is 0 Å². The van der Waals surface area contributed by atoms with Gasteiger partial charge in [0.05, 0.1) is 0 Å². The monoisotopic (exact) mass is 288 g/mol. The first-order valence-electron chi connectivity index (χ1n) is 6.93. The molecule has 1 heterocycles. The fraction of sp³-hybridized carbons (Fsp3) is 0.400. The summed E-state index contributed by atoms with van der Waals surface area (Å²) in [5, 5.41) is 11.7. The number of carbonyl (C=O) groups is 3. The Labute approximate surface area is 121 Å². The van der Waals surface area contributed by atoms with Crippen LogP contribution in [0.15, 0.2) is 24.3 Å². The standard InChI is InChI=1S/C15H16N2O4/c18-13-8-17(12(7-16-13)15(20)21)14(19)11-5-9-3-1-2-4-10(9)6-11/h1-4,11-12H,5-8H2,(H,16,18)(H,20,21).